The van der Waals surface area contributed by atoms with Crippen molar-refractivity contribution in [1.82, 2.24) is 9.71 Å². The molecule has 0 unspecified atom stereocenters. The van der Waals surface area contributed by atoms with Crippen LogP contribution in [-0.4, -0.2) is 27.6 Å². The Hall–Kier alpha value is -2.12. The van der Waals surface area contributed by atoms with Gasteiger partial charge in [0.15, 0.2) is 0 Å². The fourth-order valence-electron chi connectivity index (χ4n) is 1.73. The summed E-state index contributed by atoms with van der Waals surface area (Å²) in [5.41, 5.74) is 1.65. The molecule has 2 N–H and O–H groups in total. The number of methoxy groups -OCH3 is 1. The van der Waals surface area contributed by atoms with Gasteiger partial charge in [-0.25, -0.2) is 18.1 Å². The van der Waals surface area contributed by atoms with Gasteiger partial charge in [0.25, 0.3) is 0 Å². The number of nitrogens with zero attached hydrogens (tertiary/aromatic N) is 1. The molecule has 1 heterocycles. The highest BCUT2D eigenvalue weighted by Gasteiger charge is 2.10. The van der Waals surface area contributed by atoms with Crippen LogP contribution >= 0.6 is 0 Å². The maximum Gasteiger partial charge on any atom is 0.240 e. The summed E-state index contributed by atoms with van der Waals surface area (Å²) in [6.07, 6.45) is 0. The molecule has 0 fully saturated rings. The Labute approximate surface area is 124 Å². The number of benzene rings is 1. The zero-order valence-electron chi connectivity index (χ0n) is 11.8. The summed E-state index contributed by atoms with van der Waals surface area (Å²) in [5, 5.41) is 3.18. The highest BCUT2D eigenvalue weighted by Crippen LogP contribution is 2.15. The molecule has 0 bridgehead atoms. The largest absolute Gasteiger partial charge is 0.481 e. The summed E-state index contributed by atoms with van der Waals surface area (Å²) in [5.74, 6) is 0.560. The van der Waals surface area contributed by atoms with E-state index >= 15 is 0 Å². The zero-order chi connectivity index (χ0) is 15.3. The molecule has 112 valence electrons. The van der Waals surface area contributed by atoms with Crippen molar-refractivity contribution >= 4 is 15.7 Å². The summed E-state index contributed by atoms with van der Waals surface area (Å²) >= 11 is 0. The quantitative estimate of drug-likeness (QED) is 0.847. The lowest BCUT2D eigenvalue weighted by atomic mass is 10.3. The van der Waals surface area contributed by atoms with Gasteiger partial charge in [-0.2, -0.15) is 0 Å². The number of nitrogens with one attached hydrogen (secondary N) is 2. The van der Waals surface area contributed by atoms with Crippen LogP contribution in [0.5, 0.6) is 5.88 Å². The van der Waals surface area contributed by atoms with Gasteiger partial charge in [-0.15, -0.1) is 0 Å². The molecule has 21 heavy (non-hydrogen) atoms. The molecule has 0 aliphatic rings. The molecule has 1 aromatic carbocycles. The lowest BCUT2D eigenvalue weighted by Crippen LogP contribution is -2.18. The van der Waals surface area contributed by atoms with E-state index in [1.54, 1.807) is 37.4 Å². The number of hydrogen-bond donors (Lipinski definition) is 2. The van der Waals surface area contributed by atoms with Crippen molar-refractivity contribution in [1.29, 1.82) is 0 Å². The first-order chi connectivity index (χ1) is 10.0. The molecule has 0 aliphatic carbocycles. The molecule has 7 heteroatoms. The van der Waals surface area contributed by atoms with E-state index in [2.05, 4.69) is 15.0 Å². The summed E-state index contributed by atoms with van der Waals surface area (Å²) in [4.78, 5) is 4.52. The molecule has 0 amide bonds. The number of anilines is 1. The minimum Gasteiger partial charge on any atom is -0.481 e. The fraction of sp³-hybridized carbons (Fsp3) is 0.214. The van der Waals surface area contributed by atoms with Gasteiger partial charge in [0, 0.05) is 11.8 Å². The standard InChI is InChI=1S/C14H17N3O3S/c1-15-21(18,19)13-8-6-11(7-9-13)16-10-12-4-3-5-14(17-12)20-2/h3-9,15-16H,10H2,1-2H3. The van der Waals surface area contributed by atoms with Crippen LogP contribution in [0.4, 0.5) is 5.69 Å². The molecule has 1 aromatic heterocycles. The van der Waals surface area contributed by atoms with E-state index in [0.717, 1.165) is 11.4 Å². The number of hydrogen-bond acceptors (Lipinski definition) is 5. The Morgan fingerprint density at radius 2 is 1.86 bits per heavy atom. The average Bonchev–Trinajstić information content (AvgIpc) is 2.53. The SMILES string of the molecule is CNS(=O)(=O)c1ccc(NCc2cccc(OC)n2)cc1. The van der Waals surface area contributed by atoms with E-state index in [9.17, 15) is 8.42 Å². The first-order valence-electron chi connectivity index (χ1n) is 6.32. The molecule has 0 spiro atoms. The van der Waals surface area contributed by atoms with Gasteiger partial charge in [0.2, 0.25) is 15.9 Å². The molecule has 0 saturated carbocycles. The van der Waals surface area contributed by atoms with Gasteiger partial charge in [-0.3, -0.25) is 0 Å². The first-order valence-corrected chi connectivity index (χ1v) is 7.81. The van der Waals surface area contributed by atoms with E-state index in [1.807, 2.05) is 12.1 Å². The first kappa shape index (κ1) is 15.3. The molecule has 0 aliphatic heterocycles. The van der Waals surface area contributed by atoms with Crippen molar-refractivity contribution in [3.05, 3.63) is 48.2 Å². The van der Waals surface area contributed by atoms with Gasteiger partial charge in [-0.05, 0) is 37.4 Å². The zero-order valence-corrected chi connectivity index (χ0v) is 12.6. The van der Waals surface area contributed by atoms with Crippen LogP contribution in [-0.2, 0) is 16.6 Å². The third-order valence-corrected chi connectivity index (χ3v) is 4.33. The van der Waals surface area contributed by atoms with E-state index in [4.69, 9.17) is 4.74 Å². The van der Waals surface area contributed by atoms with Crippen LogP contribution in [0.15, 0.2) is 47.4 Å². The smallest absolute Gasteiger partial charge is 0.240 e. The summed E-state index contributed by atoms with van der Waals surface area (Å²) in [6.45, 7) is 0.523. The van der Waals surface area contributed by atoms with Crippen LogP contribution in [0.2, 0.25) is 0 Å². The third-order valence-electron chi connectivity index (χ3n) is 2.90. The van der Waals surface area contributed by atoms with Crippen LogP contribution in [0.3, 0.4) is 0 Å². The second-order valence-electron chi connectivity index (χ2n) is 4.26. The summed E-state index contributed by atoms with van der Waals surface area (Å²) in [7, 11) is -0.443. The summed E-state index contributed by atoms with van der Waals surface area (Å²) < 4.78 is 30.5. The highest BCUT2D eigenvalue weighted by atomic mass is 32.2. The second kappa shape index (κ2) is 6.55. The number of pyridine rings is 1. The highest BCUT2D eigenvalue weighted by molar-refractivity contribution is 7.89. The van der Waals surface area contributed by atoms with E-state index in [1.165, 1.54) is 7.05 Å². The Balaban J connectivity index is 2.04. The minimum absolute atomic E-state index is 0.232. The predicted octanol–water partition coefficient (Wildman–Crippen LogP) is 1.61. The van der Waals surface area contributed by atoms with Crippen LogP contribution in [0, 0.1) is 0 Å². The Morgan fingerprint density at radius 1 is 1.14 bits per heavy atom. The third kappa shape index (κ3) is 3.93. The predicted molar refractivity (Wildman–Crippen MR) is 80.8 cm³/mol. The summed E-state index contributed by atoms with van der Waals surface area (Å²) in [6, 6.07) is 12.1. The molecule has 0 saturated heterocycles. The Morgan fingerprint density at radius 3 is 2.48 bits per heavy atom. The maximum atomic E-state index is 11.6. The lowest BCUT2D eigenvalue weighted by Gasteiger charge is -2.08. The lowest BCUT2D eigenvalue weighted by molar-refractivity contribution is 0.396. The van der Waals surface area contributed by atoms with E-state index < -0.39 is 10.0 Å². The molecule has 2 aromatic rings. The molecule has 2 rings (SSSR count). The van der Waals surface area contributed by atoms with E-state index in [-0.39, 0.29) is 4.90 Å². The van der Waals surface area contributed by atoms with Crippen molar-refractivity contribution in [2.24, 2.45) is 0 Å². The molecule has 6 nitrogen and oxygen atoms in total. The molecule has 0 radical (unpaired) electrons. The number of rotatable bonds is 6. The van der Waals surface area contributed by atoms with Crippen LogP contribution < -0.4 is 14.8 Å². The minimum atomic E-state index is -3.40. The number of aromatic nitrogens is 1. The topological polar surface area (TPSA) is 80.3 Å². The second-order valence-corrected chi connectivity index (χ2v) is 6.14. The Kier molecular flexibility index (Phi) is 4.77. The molecule has 0 atom stereocenters. The average molecular weight is 307 g/mol. The number of ether oxygens (including phenoxy) is 1. The van der Waals surface area contributed by atoms with Crippen molar-refractivity contribution in [2.75, 3.05) is 19.5 Å². The van der Waals surface area contributed by atoms with Crippen LogP contribution in [0.25, 0.3) is 0 Å². The van der Waals surface area contributed by atoms with Crippen LogP contribution in [0.1, 0.15) is 5.69 Å². The van der Waals surface area contributed by atoms with Gasteiger partial charge < -0.3 is 10.1 Å². The molecular weight excluding hydrogens is 290 g/mol. The van der Waals surface area contributed by atoms with Gasteiger partial charge in [-0.1, -0.05) is 6.07 Å². The van der Waals surface area contributed by atoms with Crippen molar-refractivity contribution < 1.29 is 13.2 Å². The number of sulfonamides is 1. The van der Waals surface area contributed by atoms with E-state index in [0.29, 0.717) is 12.4 Å². The molecular formula is C14H17N3O3S. The fourth-order valence-corrected chi connectivity index (χ4v) is 2.46. The van der Waals surface area contributed by atoms with Crippen molar-refractivity contribution in [2.45, 2.75) is 11.4 Å². The van der Waals surface area contributed by atoms with Gasteiger partial charge in [0.05, 0.1) is 24.2 Å². The monoisotopic (exact) mass is 307 g/mol. The maximum absolute atomic E-state index is 11.6. The Bertz CT molecular complexity index is 700. The van der Waals surface area contributed by atoms with Crippen molar-refractivity contribution in [3.8, 4) is 5.88 Å². The normalized spacial score (nSPS) is 11.1. The van der Waals surface area contributed by atoms with Crippen molar-refractivity contribution in [3.63, 3.8) is 0 Å². The van der Waals surface area contributed by atoms with Gasteiger partial charge in [0.1, 0.15) is 0 Å². The van der Waals surface area contributed by atoms with Gasteiger partial charge >= 0.3 is 0 Å².